The summed E-state index contributed by atoms with van der Waals surface area (Å²) in [6.07, 6.45) is 1.57. The maximum Gasteiger partial charge on any atom is 0.245 e. The molecule has 2 heterocycles. The molecular weight excluding hydrogens is 206 g/mol. The second-order valence-corrected chi connectivity index (χ2v) is 3.10. The van der Waals surface area contributed by atoms with Gasteiger partial charge in [0.15, 0.2) is 11.5 Å². The number of hydrogen-bond acceptors (Lipinski definition) is 6. The van der Waals surface area contributed by atoms with E-state index in [9.17, 15) is 0 Å². The SMILES string of the molecule is Cc1noc(CNc2cccnc2C#N)n1. The summed E-state index contributed by atoms with van der Waals surface area (Å²) in [4.78, 5) is 7.96. The van der Waals surface area contributed by atoms with E-state index in [4.69, 9.17) is 9.78 Å². The smallest absolute Gasteiger partial charge is 0.245 e. The van der Waals surface area contributed by atoms with Crippen LogP contribution in [0.15, 0.2) is 22.9 Å². The Morgan fingerprint density at radius 2 is 2.44 bits per heavy atom. The molecular formula is C10H9N5O. The van der Waals surface area contributed by atoms with Gasteiger partial charge in [0, 0.05) is 6.20 Å². The largest absolute Gasteiger partial charge is 0.374 e. The fourth-order valence-electron chi connectivity index (χ4n) is 1.22. The monoisotopic (exact) mass is 215 g/mol. The maximum atomic E-state index is 8.82. The number of pyridine rings is 1. The number of aryl methyl sites for hydroxylation is 1. The summed E-state index contributed by atoms with van der Waals surface area (Å²) in [6.45, 7) is 2.12. The molecule has 2 rings (SSSR count). The Morgan fingerprint density at radius 1 is 1.56 bits per heavy atom. The Hall–Kier alpha value is -2.42. The highest BCUT2D eigenvalue weighted by Gasteiger charge is 2.05. The van der Waals surface area contributed by atoms with Gasteiger partial charge >= 0.3 is 0 Å². The van der Waals surface area contributed by atoms with E-state index in [-0.39, 0.29) is 0 Å². The number of aromatic nitrogens is 3. The van der Waals surface area contributed by atoms with Gasteiger partial charge in [-0.2, -0.15) is 10.2 Å². The van der Waals surface area contributed by atoms with Gasteiger partial charge in [-0.05, 0) is 19.1 Å². The van der Waals surface area contributed by atoms with Crippen molar-refractivity contribution < 1.29 is 4.52 Å². The van der Waals surface area contributed by atoms with Crippen molar-refractivity contribution in [3.8, 4) is 6.07 Å². The fraction of sp³-hybridized carbons (Fsp3) is 0.200. The fourth-order valence-corrected chi connectivity index (χ4v) is 1.22. The van der Waals surface area contributed by atoms with Crippen molar-refractivity contribution in [1.29, 1.82) is 5.26 Å². The van der Waals surface area contributed by atoms with Crippen molar-refractivity contribution in [2.24, 2.45) is 0 Å². The van der Waals surface area contributed by atoms with Crippen LogP contribution in [0.3, 0.4) is 0 Å². The van der Waals surface area contributed by atoms with E-state index < -0.39 is 0 Å². The summed E-state index contributed by atoms with van der Waals surface area (Å²) in [5, 5.41) is 15.5. The minimum absolute atomic E-state index is 0.346. The molecule has 0 bridgehead atoms. The van der Waals surface area contributed by atoms with Gasteiger partial charge in [0.25, 0.3) is 0 Å². The van der Waals surface area contributed by atoms with E-state index in [2.05, 4.69) is 20.4 Å². The normalized spacial score (nSPS) is 9.75. The third-order valence-electron chi connectivity index (χ3n) is 1.91. The lowest BCUT2D eigenvalue weighted by atomic mass is 10.3. The molecule has 6 heteroatoms. The average Bonchev–Trinajstić information content (AvgIpc) is 2.73. The first kappa shape index (κ1) is 10.1. The Labute approximate surface area is 91.9 Å². The Bertz CT molecular complexity index is 528. The summed E-state index contributed by atoms with van der Waals surface area (Å²) in [6, 6.07) is 5.52. The van der Waals surface area contributed by atoms with Crippen LogP contribution in [0.4, 0.5) is 5.69 Å². The van der Waals surface area contributed by atoms with Gasteiger partial charge < -0.3 is 9.84 Å². The van der Waals surface area contributed by atoms with Crippen molar-refractivity contribution >= 4 is 5.69 Å². The molecule has 1 N–H and O–H groups in total. The molecule has 0 aliphatic rings. The van der Waals surface area contributed by atoms with E-state index in [1.165, 1.54) is 0 Å². The summed E-state index contributed by atoms with van der Waals surface area (Å²) in [5.41, 5.74) is 1.000. The third-order valence-corrected chi connectivity index (χ3v) is 1.91. The van der Waals surface area contributed by atoms with Gasteiger partial charge in [-0.25, -0.2) is 4.98 Å². The van der Waals surface area contributed by atoms with E-state index >= 15 is 0 Å². The lowest BCUT2D eigenvalue weighted by molar-refractivity contribution is 0.379. The van der Waals surface area contributed by atoms with Gasteiger partial charge in [-0.3, -0.25) is 0 Å². The van der Waals surface area contributed by atoms with E-state index in [1.807, 2.05) is 6.07 Å². The molecule has 0 saturated carbocycles. The van der Waals surface area contributed by atoms with Crippen LogP contribution in [-0.2, 0) is 6.54 Å². The molecule has 0 aliphatic heterocycles. The van der Waals surface area contributed by atoms with Gasteiger partial charge in [-0.15, -0.1) is 0 Å². The zero-order valence-electron chi connectivity index (χ0n) is 8.64. The van der Waals surface area contributed by atoms with Crippen LogP contribution in [-0.4, -0.2) is 15.1 Å². The first-order valence-corrected chi connectivity index (χ1v) is 4.68. The van der Waals surface area contributed by atoms with Crippen LogP contribution in [0.1, 0.15) is 17.4 Å². The van der Waals surface area contributed by atoms with Crippen LogP contribution in [0.2, 0.25) is 0 Å². The molecule has 6 nitrogen and oxygen atoms in total. The predicted molar refractivity (Wildman–Crippen MR) is 55.3 cm³/mol. The highest BCUT2D eigenvalue weighted by molar-refractivity contribution is 5.53. The van der Waals surface area contributed by atoms with E-state index in [1.54, 1.807) is 25.3 Å². The van der Waals surface area contributed by atoms with Gasteiger partial charge in [0.2, 0.25) is 5.89 Å². The minimum Gasteiger partial charge on any atom is -0.374 e. The second kappa shape index (κ2) is 4.40. The van der Waals surface area contributed by atoms with Gasteiger partial charge in [-0.1, -0.05) is 5.16 Å². The zero-order chi connectivity index (χ0) is 11.4. The maximum absolute atomic E-state index is 8.82. The number of hydrogen-bond donors (Lipinski definition) is 1. The molecule has 0 amide bonds. The topological polar surface area (TPSA) is 87.6 Å². The van der Waals surface area contributed by atoms with Crippen LogP contribution in [0.25, 0.3) is 0 Å². The number of rotatable bonds is 3. The highest BCUT2D eigenvalue weighted by Crippen LogP contribution is 2.11. The number of anilines is 1. The highest BCUT2D eigenvalue weighted by atomic mass is 16.5. The Balaban J connectivity index is 2.08. The first-order chi connectivity index (χ1) is 7.79. The Morgan fingerprint density at radius 3 is 3.12 bits per heavy atom. The lowest BCUT2D eigenvalue weighted by Crippen LogP contribution is -2.02. The predicted octanol–water partition coefficient (Wildman–Crippen LogP) is 1.26. The number of nitrogens with one attached hydrogen (secondary N) is 1. The van der Waals surface area contributed by atoms with Crippen molar-refractivity contribution in [1.82, 2.24) is 15.1 Å². The molecule has 0 spiro atoms. The molecule has 0 aromatic carbocycles. The molecule has 0 unspecified atom stereocenters. The van der Waals surface area contributed by atoms with Crippen molar-refractivity contribution in [3.63, 3.8) is 0 Å². The molecule has 80 valence electrons. The van der Waals surface area contributed by atoms with Crippen LogP contribution >= 0.6 is 0 Å². The summed E-state index contributed by atoms with van der Waals surface area (Å²) >= 11 is 0. The summed E-state index contributed by atoms with van der Waals surface area (Å²) < 4.78 is 4.93. The Kier molecular flexibility index (Phi) is 2.78. The molecule has 0 atom stereocenters. The number of nitrogens with zero attached hydrogens (tertiary/aromatic N) is 4. The molecule has 16 heavy (non-hydrogen) atoms. The van der Waals surface area contributed by atoms with Gasteiger partial charge in [0.05, 0.1) is 12.2 Å². The van der Waals surface area contributed by atoms with E-state index in [0.29, 0.717) is 29.6 Å². The lowest BCUT2D eigenvalue weighted by Gasteiger charge is -2.03. The molecule has 2 aromatic heterocycles. The van der Waals surface area contributed by atoms with Crippen LogP contribution in [0, 0.1) is 18.3 Å². The van der Waals surface area contributed by atoms with E-state index in [0.717, 1.165) is 0 Å². The quantitative estimate of drug-likeness (QED) is 0.829. The number of nitriles is 1. The van der Waals surface area contributed by atoms with Crippen molar-refractivity contribution in [2.75, 3.05) is 5.32 Å². The minimum atomic E-state index is 0.346. The van der Waals surface area contributed by atoms with Crippen LogP contribution < -0.4 is 5.32 Å². The zero-order valence-corrected chi connectivity index (χ0v) is 8.64. The third kappa shape index (κ3) is 2.15. The van der Waals surface area contributed by atoms with Crippen LogP contribution in [0.5, 0.6) is 0 Å². The molecule has 0 radical (unpaired) electrons. The molecule has 2 aromatic rings. The molecule has 0 fully saturated rings. The van der Waals surface area contributed by atoms with Crippen molar-refractivity contribution in [3.05, 3.63) is 35.7 Å². The van der Waals surface area contributed by atoms with Gasteiger partial charge in [0.1, 0.15) is 6.07 Å². The standard InChI is InChI=1S/C10H9N5O/c1-7-14-10(16-15-7)6-13-8-3-2-4-12-9(8)5-11/h2-4,13H,6H2,1H3. The second-order valence-electron chi connectivity index (χ2n) is 3.10. The molecule has 0 aliphatic carbocycles. The summed E-state index contributed by atoms with van der Waals surface area (Å²) in [5.74, 6) is 1.06. The van der Waals surface area contributed by atoms with Crippen molar-refractivity contribution in [2.45, 2.75) is 13.5 Å². The summed E-state index contributed by atoms with van der Waals surface area (Å²) in [7, 11) is 0. The average molecular weight is 215 g/mol. The first-order valence-electron chi connectivity index (χ1n) is 4.68. The molecule has 0 saturated heterocycles.